The van der Waals surface area contributed by atoms with Crippen molar-refractivity contribution in [2.75, 3.05) is 39.9 Å². The number of ether oxygens (including phenoxy) is 2. The van der Waals surface area contributed by atoms with Crippen LogP contribution in [0.3, 0.4) is 0 Å². The number of carbonyl (C=O) groups is 1. The molecule has 168 valence electrons. The number of nitrogens with zero attached hydrogens (tertiary/aromatic N) is 3. The maximum absolute atomic E-state index is 11.6. The van der Waals surface area contributed by atoms with Gasteiger partial charge in [-0.25, -0.2) is 0 Å². The van der Waals surface area contributed by atoms with Gasteiger partial charge in [0, 0.05) is 44.6 Å². The molecule has 0 unspecified atom stereocenters. The van der Waals surface area contributed by atoms with Gasteiger partial charge in [0.15, 0.2) is 0 Å². The summed E-state index contributed by atoms with van der Waals surface area (Å²) in [4.78, 5) is 22.1. The predicted molar refractivity (Wildman–Crippen MR) is 117 cm³/mol. The third-order valence-electron chi connectivity index (χ3n) is 5.44. The van der Waals surface area contributed by atoms with Crippen LogP contribution in [-0.4, -0.2) is 71.9 Å². The minimum Gasteiger partial charge on any atom is -0.491 e. The molecule has 0 aliphatic carbocycles. The topological polar surface area (TPSA) is 96.8 Å². The van der Waals surface area contributed by atoms with Crippen LogP contribution in [0.15, 0.2) is 42.9 Å². The molecule has 2 heterocycles. The monoisotopic (exact) mass is 428 g/mol. The Morgan fingerprint density at radius 2 is 2.16 bits per heavy atom. The summed E-state index contributed by atoms with van der Waals surface area (Å²) in [6.45, 7) is 3.89. The van der Waals surface area contributed by atoms with Crippen molar-refractivity contribution in [2.45, 2.75) is 31.9 Å². The average molecular weight is 429 g/mol. The summed E-state index contributed by atoms with van der Waals surface area (Å²) in [5.74, 6) is 0.593. The van der Waals surface area contributed by atoms with E-state index in [0.29, 0.717) is 6.54 Å². The molecule has 0 radical (unpaired) electrons. The zero-order valence-corrected chi connectivity index (χ0v) is 18.1. The van der Waals surface area contributed by atoms with Gasteiger partial charge in [-0.1, -0.05) is 12.1 Å². The largest absolute Gasteiger partial charge is 0.491 e. The number of rotatable bonds is 11. The van der Waals surface area contributed by atoms with Crippen molar-refractivity contribution >= 4 is 5.97 Å². The number of likely N-dealkylation sites (tertiary alicyclic amines) is 1. The number of benzene rings is 1. The molecule has 31 heavy (non-hydrogen) atoms. The Bertz CT molecular complexity index is 797. The van der Waals surface area contributed by atoms with Crippen LogP contribution < -0.4 is 10.1 Å². The molecule has 8 heteroatoms. The molecule has 1 aliphatic heterocycles. The van der Waals surface area contributed by atoms with Gasteiger partial charge in [0.25, 0.3) is 0 Å². The van der Waals surface area contributed by atoms with E-state index in [2.05, 4.69) is 20.2 Å². The molecule has 0 bridgehead atoms. The summed E-state index contributed by atoms with van der Waals surface area (Å²) in [7, 11) is 1.43. The third-order valence-corrected chi connectivity index (χ3v) is 5.44. The van der Waals surface area contributed by atoms with Gasteiger partial charge >= 0.3 is 5.97 Å². The van der Waals surface area contributed by atoms with E-state index >= 15 is 0 Å². The molecule has 1 aromatic carbocycles. The van der Waals surface area contributed by atoms with Gasteiger partial charge < -0.3 is 24.8 Å². The van der Waals surface area contributed by atoms with Crippen LogP contribution in [0, 0.1) is 5.92 Å². The number of methoxy groups -OCH3 is 1. The van der Waals surface area contributed by atoms with Gasteiger partial charge in [0.2, 0.25) is 0 Å². The summed E-state index contributed by atoms with van der Waals surface area (Å²) in [5, 5.41) is 13.8. The molecule has 0 amide bonds. The molecule has 2 aromatic rings. The second-order valence-electron chi connectivity index (χ2n) is 7.83. The molecule has 1 fully saturated rings. The first kappa shape index (κ1) is 23.1. The summed E-state index contributed by atoms with van der Waals surface area (Å²) < 4.78 is 10.6. The summed E-state index contributed by atoms with van der Waals surface area (Å²) >= 11 is 0. The smallest absolute Gasteiger partial charge is 0.308 e. The lowest BCUT2D eigenvalue weighted by atomic mass is 9.97. The van der Waals surface area contributed by atoms with E-state index in [9.17, 15) is 9.90 Å². The van der Waals surface area contributed by atoms with E-state index < -0.39 is 6.10 Å². The molecule has 0 spiro atoms. The highest BCUT2D eigenvalue weighted by atomic mass is 16.5. The number of esters is 1. The standard InChI is InChI=1S/C23H32N4O4/c1-30-23(29)19-6-11-27(12-7-19)16-21(28)17-31-22-4-2-3-18(13-22)14-24-8-5-20-15-25-9-10-26-20/h2-4,9-10,13,15,19,21,24,28H,5-8,11-12,14,16-17H2,1H3/t21-/m1/s1. The van der Waals surface area contributed by atoms with Crippen LogP contribution in [0.25, 0.3) is 0 Å². The second kappa shape index (κ2) is 12.3. The number of hydrogen-bond acceptors (Lipinski definition) is 8. The highest BCUT2D eigenvalue weighted by Crippen LogP contribution is 2.19. The summed E-state index contributed by atoms with van der Waals surface area (Å²) in [6.07, 6.45) is 6.94. The van der Waals surface area contributed by atoms with E-state index in [4.69, 9.17) is 9.47 Å². The van der Waals surface area contributed by atoms with E-state index in [0.717, 1.165) is 62.4 Å². The Morgan fingerprint density at radius 3 is 2.90 bits per heavy atom. The van der Waals surface area contributed by atoms with E-state index in [-0.39, 0.29) is 18.5 Å². The van der Waals surface area contributed by atoms with Crippen LogP contribution in [0.1, 0.15) is 24.1 Å². The molecule has 8 nitrogen and oxygen atoms in total. The highest BCUT2D eigenvalue weighted by molar-refractivity contribution is 5.72. The second-order valence-corrected chi connectivity index (χ2v) is 7.83. The molecule has 1 aromatic heterocycles. The molecule has 3 rings (SSSR count). The van der Waals surface area contributed by atoms with Gasteiger partial charge in [-0.2, -0.15) is 0 Å². The Morgan fingerprint density at radius 1 is 1.32 bits per heavy atom. The van der Waals surface area contributed by atoms with Crippen molar-refractivity contribution in [3.8, 4) is 5.75 Å². The molecule has 1 saturated heterocycles. The van der Waals surface area contributed by atoms with Crippen molar-refractivity contribution < 1.29 is 19.4 Å². The lowest BCUT2D eigenvalue weighted by Crippen LogP contribution is -2.42. The number of aliphatic hydroxyl groups is 1. The van der Waals surface area contributed by atoms with Gasteiger partial charge in [-0.3, -0.25) is 14.8 Å². The third kappa shape index (κ3) is 7.90. The maximum atomic E-state index is 11.6. The fourth-order valence-corrected chi connectivity index (χ4v) is 3.71. The SMILES string of the molecule is COC(=O)C1CCN(C[C@@H](O)COc2cccc(CNCCc3cnccn3)c2)CC1. The Kier molecular flexibility index (Phi) is 9.20. The summed E-state index contributed by atoms with van der Waals surface area (Å²) in [5.41, 5.74) is 2.09. The minimum atomic E-state index is -0.580. The number of piperidine rings is 1. The highest BCUT2D eigenvalue weighted by Gasteiger charge is 2.26. The number of aromatic nitrogens is 2. The fraction of sp³-hybridized carbons (Fsp3) is 0.522. The number of aliphatic hydroxyl groups excluding tert-OH is 1. The Balaban J connectivity index is 1.34. The molecular formula is C23H32N4O4. The average Bonchev–Trinajstić information content (AvgIpc) is 2.81. The van der Waals surface area contributed by atoms with Crippen LogP contribution >= 0.6 is 0 Å². The predicted octanol–water partition coefficient (Wildman–Crippen LogP) is 1.43. The quantitative estimate of drug-likeness (QED) is 0.410. The first-order valence-corrected chi connectivity index (χ1v) is 10.8. The minimum absolute atomic E-state index is 0.0217. The van der Waals surface area contributed by atoms with Crippen molar-refractivity contribution in [1.29, 1.82) is 0 Å². The van der Waals surface area contributed by atoms with E-state index in [1.54, 1.807) is 18.6 Å². The van der Waals surface area contributed by atoms with Crippen LogP contribution in [0.5, 0.6) is 5.75 Å². The van der Waals surface area contributed by atoms with Gasteiger partial charge in [0.1, 0.15) is 18.5 Å². The molecule has 1 aliphatic rings. The van der Waals surface area contributed by atoms with E-state index in [1.165, 1.54) is 7.11 Å². The number of nitrogens with one attached hydrogen (secondary N) is 1. The van der Waals surface area contributed by atoms with E-state index in [1.807, 2.05) is 24.3 Å². The van der Waals surface area contributed by atoms with Crippen LogP contribution in [0.4, 0.5) is 0 Å². The van der Waals surface area contributed by atoms with Crippen molar-refractivity contribution in [2.24, 2.45) is 5.92 Å². The Hall–Kier alpha value is -2.55. The van der Waals surface area contributed by atoms with Crippen LogP contribution in [0.2, 0.25) is 0 Å². The van der Waals surface area contributed by atoms with Gasteiger partial charge in [-0.05, 0) is 43.6 Å². The first-order valence-electron chi connectivity index (χ1n) is 10.8. The zero-order chi connectivity index (χ0) is 21.9. The van der Waals surface area contributed by atoms with Crippen molar-refractivity contribution in [3.05, 3.63) is 54.1 Å². The first-order chi connectivity index (χ1) is 15.1. The van der Waals surface area contributed by atoms with Gasteiger partial charge in [0.05, 0.1) is 18.7 Å². The lowest BCUT2D eigenvalue weighted by Gasteiger charge is -2.31. The number of hydrogen-bond donors (Lipinski definition) is 2. The maximum Gasteiger partial charge on any atom is 0.308 e. The van der Waals surface area contributed by atoms with Gasteiger partial charge in [-0.15, -0.1) is 0 Å². The lowest BCUT2D eigenvalue weighted by molar-refractivity contribution is -0.147. The molecule has 1 atom stereocenters. The number of carbonyl (C=O) groups excluding carboxylic acids is 1. The molecule has 0 saturated carbocycles. The molecular weight excluding hydrogens is 396 g/mol. The van der Waals surface area contributed by atoms with Crippen LogP contribution in [-0.2, 0) is 22.5 Å². The Labute approximate surface area is 183 Å². The molecule has 2 N–H and O–H groups in total. The summed E-state index contributed by atoms with van der Waals surface area (Å²) in [6, 6.07) is 7.89. The fourth-order valence-electron chi connectivity index (χ4n) is 3.71. The normalized spacial score (nSPS) is 16.1. The van der Waals surface area contributed by atoms with Crippen molar-refractivity contribution in [3.63, 3.8) is 0 Å². The van der Waals surface area contributed by atoms with Crippen molar-refractivity contribution in [1.82, 2.24) is 20.2 Å². The number of β-amino-alcohol motifs (C(OH)–C–C–N with tert-alkyl or cyclic N) is 1. The zero-order valence-electron chi connectivity index (χ0n) is 18.1.